The Labute approximate surface area is 86.2 Å². The van der Waals surface area contributed by atoms with Crippen LogP contribution in [0.15, 0.2) is 0 Å². The van der Waals surface area contributed by atoms with Crippen LogP contribution in [-0.2, 0) is 9.53 Å². The smallest absolute Gasteiger partial charge is 0.309 e. The van der Waals surface area contributed by atoms with Crippen LogP contribution in [0.1, 0.15) is 27.7 Å². The SMILES string of the molecule is COC(=O)C1[C@@H](C)[C@@H](C)N[C@@H](C)[C@H]1C. The van der Waals surface area contributed by atoms with E-state index in [0.29, 0.717) is 23.9 Å². The Morgan fingerprint density at radius 2 is 1.50 bits per heavy atom. The number of carbonyl (C=O) groups is 1. The fourth-order valence-electron chi connectivity index (χ4n) is 2.38. The molecule has 0 aliphatic carbocycles. The summed E-state index contributed by atoms with van der Waals surface area (Å²) in [5, 5.41) is 3.48. The Morgan fingerprint density at radius 3 is 1.86 bits per heavy atom. The summed E-state index contributed by atoms with van der Waals surface area (Å²) in [6, 6.07) is 0.760. The molecule has 1 aliphatic heterocycles. The summed E-state index contributed by atoms with van der Waals surface area (Å²) in [5.74, 6) is 0.652. The topological polar surface area (TPSA) is 38.3 Å². The molecule has 0 spiro atoms. The minimum atomic E-state index is -0.0646. The number of ether oxygens (including phenoxy) is 1. The van der Waals surface area contributed by atoms with Gasteiger partial charge in [-0.05, 0) is 25.7 Å². The van der Waals surface area contributed by atoms with Gasteiger partial charge in [0.25, 0.3) is 0 Å². The van der Waals surface area contributed by atoms with Crippen molar-refractivity contribution in [2.24, 2.45) is 17.8 Å². The third kappa shape index (κ3) is 1.92. The molecule has 82 valence electrons. The van der Waals surface area contributed by atoms with Gasteiger partial charge in [0.15, 0.2) is 0 Å². The first-order valence-corrected chi connectivity index (χ1v) is 5.33. The molecule has 1 saturated heterocycles. The van der Waals surface area contributed by atoms with Crippen LogP contribution in [0.5, 0.6) is 0 Å². The van der Waals surface area contributed by atoms with Crippen LogP contribution in [0.3, 0.4) is 0 Å². The summed E-state index contributed by atoms with van der Waals surface area (Å²) in [6.45, 7) is 8.48. The van der Waals surface area contributed by atoms with E-state index in [-0.39, 0.29) is 11.9 Å². The van der Waals surface area contributed by atoms with Crippen molar-refractivity contribution in [2.45, 2.75) is 39.8 Å². The maximum absolute atomic E-state index is 11.6. The van der Waals surface area contributed by atoms with Crippen molar-refractivity contribution in [1.82, 2.24) is 5.32 Å². The molecule has 0 aromatic rings. The lowest BCUT2D eigenvalue weighted by Gasteiger charge is -2.42. The predicted octanol–water partition coefficient (Wildman–Crippen LogP) is 1.43. The van der Waals surface area contributed by atoms with E-state index in [1.807, 2.05) is 0 Å². The lowest BCUT2D eigenvalue weighted by molar-refractivity contribution is -0.151. The number of rotatable bonds is 1. The molecule has 1 unspecified atom stereocenters. The zero-order valence-corrected chi connectivity index (χ0v) is 9.70. The number of piperidine rings is 1. The average Bonchev–Trinajstić information content (AvgIpc) is 2.15. The quantitative estimate of drug-likeness (QED) is 0.649. The Morgan fingerprint density at radius 1 is 1.07 bits per heavy atom. The van der Waals surface area contributed by atoms with Crippen LogP contribution >= 0.6 is 0 Å². The zero-order valence-electron chi connectivity index (χ0n) is 9.70. The summed E-state index contributed by atoms with van der Waals surface area (Å²) < 4.78 is 4.86. The van der Waals surface area contributed by atoms with E-state index in [2.05, 4.69) is 33.0 Å². The second kappa shape index (κ2) is 4.30. The van der Waals surface area contributed by atoms with Crippen LogP contribution in [-0.4, -0.2) is 25.2 Å². The Hall–Kier alpha value is -0.570. The third-order valence-corrected chi connectivity index (χ3v) is 3.71. The third-order valence-electron chi connectivity index (χ3n) is 3.71. The van der Waals surface area contributed by atoms with Gasteiger partial charge in [-0.2, -0.15) is 0 Å². The number of esters is 1. The van der Waals surface area contributed by atoms with E-state index in [4.69, 9.17) is 4.74 Å². The first-order chi connectivity index (χ1) is 6.49. The van der Waals surface area contributed by atoms with E-state index < -0.39 is 0 Å². The number of nitrogens with one attached hydrogen (secondary N) is 1. The highest BCUT2D eigenvalue weighted by Gasteiger charge is 2.41. The van der Waals surface area contributed by atoms with E-state index in [1.54, 1.807) is 0 Å². The summed E-state index contributed by atoms with van der Waals surface area (Å²) in [6.07, 6.45) is 0. The highest BCUT2D eigenvalue weighted by molar-refractivity contribution is 5.73. The maximum Gasteiger partial charge on any atom is 0.309 e. The first kappa shape index (κ1) is 11.5. The molecular weight excluding hydrogens is 178 g/mol. The average molecular weight is 199 g/mol. The van der Waals surface area contributed by atoms with E-state index in [0.717, 1.165) is 0 Å². The second-order valence-corrected chi connectivity index (χ2v) is 4.51. The van der Waals surface area contributed by atoms with Crippen molar-refractivity contribution in [1.29, 1.82) is 0 Å². The van der Waals surface area contributed by atoms with Gasteiger partial charge in [0.1, 0.15) is 0 Å². The molecule has 1 fully saturated rings. The summed E-state index contributed by atoms with van der Waals surface area (Å²) in [4.78, 5) is 11.6. The molecule has 0 aromatic heterocycles. The predicted molar refractivity (Wildman–Crippen MR) is 55.9 cm³/mol. The molecule has 0 bridgehead atoms. The fourth-order valence-corrected chi connectivity index (χ4v) is 2.38. The molecule has 0 radical (unpaired) electrons. The molecule has 5 atom stereocenters. The minimum absolute atomic E-state index is 0.0336. The fraction of sp³-hybridized carbons (Fsp3) is 0.909. The number of hydrogen-bond acceptors (Lipinski definition) is 3. The largest absolute Gasteiger partial charge is 0.469 e. The van der Waals surface area contributed by atoms with Gasteiger partial charge < -0.3 is 10.1 Å². The van der Waals surface area contributed by atoms with E-state index in [1.165, 1.54) is 7.11 Å². The summed E-state index contributed by atoms with van der Waals surface area (Å²) >= 11 is 0. The van der Waals surface area contributed by atoms with Gasteiger partial charge >= 0.3 is 5.97 Å². The summed E-state index contributed by atoms with van der Waals surface area (Å²) in [7, 11) is 1.47. The van der Waals surface area contributed by atoms with Crippen molar-refractivity contribution < 1.29 is 9.53 Å². The van der Waals surface area contributed by atoms with Crippen molar-refractivity contribution in [3.8, 4) is 0 Å². The van der Waals surface area contributed by atoms with Crippen LogP contribution in [0.2, 0.25) is 0 Å². The van der Waals surface area contributed by atoms with Crippen molar-refractivity contribution in [3.63, 3.8) is 0 Å². The number of hydrogen-bond donors (Lipinski definition) is 1. The zero-order chi connectivity index (χ0) is 10.9. The molecule has 1 aliphatic rings. The highest BCUT2D eigenvalue weighted by atomic mass is 16.5. The Balaban J connectivity index is 2.82. The van der Waals surface area contributed by atoms with Crippen LogP contribution in [0.4, 0.5) is 0 Å². The normalized spacial score (nSPS) is 43.4. The van der Waals surface area contributed by atoms with Gasteiger partial charge in [-0.1, -0.05) is 13.8 Å². The first-order valence-electron chi connectivity index (χ1n) is 5.33. The molecule has 0 amide bonds. The molecule has 1 rings (SSSR count). The Kier molecular flexibility index (Phi) is 3.53. The lowest BCUT2D eigenvalue weighted by atomic mass is 9.73. The van der Waals surface area contributed by atoms with Gasteiger partial charge in [0.2, 0.25) is 0 Å². The maximum atomic E-state index is 11.6. The van der Waals surface area contributed by atoms with Crippen molar-refractivity contribution >= 4 is 5.97 Å². The lowest BCUT2D eigenvalue weighted by Crippen LogP contribution is -2.55. The summed E-state index contributed by atoms with van der Waals surface area (Å²) in [5.41, 5.74) is 0. The van der Waals surface area contributed by atoms with Crippen LogP contribution < -0.4 is 5.32 Å². The van der Waals surface area contributed by atoms with Crippen LogP contribution in [0.25, 0.3) is 0 Å². The van der Waals surface area contributed by atoms with Gasteiger partial charge in [0, 0.05) is 12.1 Å². The molecule has 3 nitrogen and oxygen atoms in total. The standard InChI is InChI=1S/C11H21NO2/c1-6-8(3)12-9(4)7(2)10(6)11(13)14-5/h6-10,12H,1-5H3/t6-,7+,8+,9-,10?. The van der Waals surface area contributed by atoms with Crippen molar-refractivity contribution in [3.05, 3.63) is 0 Å². The molecule has 3 heteroatoms. The minimum Gasteiger partial charge on any atom is -0.469 e. The van der Waals surface area contributed by atoms with E-state index >= 15 is 0 Å². The van der Waals surface area contributed by atoms with Crippen LogP contribution in [0, 0.1) is 17.8 Å². The monoisotopic (exact) mass is 199 g/mol. The molecular formula is C11H21NO2. The van der Waals surface area contributed by atoms with E-state index in [9.17, 15) is 4.79 Å². The molecule has 0 saturated carbocycles. The Bertz CT molecular complexity index is 203. The van der Waals surface area contributed by atoms with Gasteiger partial charge in [-0.15, -0.1) is 0 Å². The molecule has 0 aromatic carbocycles. The number of methoxy groups -OCH3 is 1. The van der Waals surface area contributed by atoms with Gasteiger partial charge in [0.05, 0.1) is 13.0 Å². The number of carbonyl (C=O) groups excluding carboxylic acids is 1. The second-order valence-electron chi connectivity index (χ2n) is 4.51. The van der Waals surface area contributed by atoms with Gasteiger partial charge in [-0.25, -0.2) is 0 Å². The highest BCUT2D eigenvalue weighted by Crippen LogP contribution is 2.32. The molecule has 1 heterocycles. The van der Waals surface area contributed by atoms with Gasteiger partial charge in [-0.3, -0.25) is 4.79 Å². The molecule has 1 N–H and O–H groups in total. The molecule has 14 heavy (non-hydrogen) atoms. The van der Waals surface area contributed by atoms with Crippen molar-refractivity contribution in [2.75, 3.05) is 7.11 Å².